The van der Waals surface area contributed by atoms with Gasteiger partial charge in [0.15, 0.2) is 18.0 Å². The molecule has 2 atom stereocenters. The Morgan fingerprint density at radius 2 is 1.56 bits per heavy atom. The first kappa shape index (κ1) is 49.4. The van der Waals surface area contributed by atoms with Gasteiger partial charge in [0, 0.05) is 30.7 Å². The molecule has 1 saturated heterocycles. The second-order valence-corrected chi connectivity index (χ2v) is 17.0. The molecule has 13 nitrogen and oxygen atoms in total. The van der Waals surface area contributed by atoms with Crippen molar-refractivity contribution in [3.05, 3.63) is 105 Å². The lowest BCUT2D eigenvalue weighted by Crippen LogP contribution is -2.42. The number of aliphatic carboxylic acids is 3. The van der Waals surface area contributed by atoms with Crippen LogP contribution in [0.4, 0.5) is 13.2 Å². The van der Waals surface area contributed by atoms with E-state index in [0.717, 1.165) is 48.5 Å². The number of carbonyl (C=O) groups is 4. The fourth-order valence-electron chi connectivity index (χ4n) is 7.26. The van der Waals surface area contributed by atoms with Crippen LogP contribution in [0.25, 0.3) is 10.8 Å². The molecular weight excluding hydrogens is 878 g/mol. The number of nitrogens with zero attached hydrogens (tertiary/aromatic N) is 3. The second kappa shape index (κ2) is 21.7. The molecule has 19 heteroatoms. The summed E-state index contributed by atoms with van der Waals surface area (Å²) in [6.45, 7) is 1.01. The molecule has 332 valence electrons. The number of rotatable bonds is 16. The zero-order valence-electron chi connectivity index (χ0n) is 33.5. The van der Waals surface area contributed by atoms with Crippen molar-refractivity contribution in [3.63, 3.8) is 0 Å². The largest absolute Gasteiger partial charge is 0.482 e. The van der Waals surface area contributed by atoms with E-state index in [4.69, 9.17) is 48.4 Å². The van der Waals surface area contributed by atoms with E-state index in [0.29, 0.717) is 33.2 Å². The van der Waals surface area contributed by atoms with Gasteiger partial charge < -0.3 is 35.0 Å². The number of hydrogen-bond acceptors (Lipinski definition) is 9. The van der Waals surface area contributed by atoms with Crippen LogP contribution in [-0.2, 0) is 25.2 Å². The number of ether oxygens (including phenoxy) is 1. The van der Waals surface area contributed by atoms with Crippen molar-refractivity contribution in [1.29, 1.82) is 5.26 Å². The number of carboxylic acid groups (broad SMARTS) is 3. The lowest BCUT2D eigenvalue weighted by Gasteiger charge is -2.34. The van der Waals surface area contributed by atoms with Gasteiger partial charge in [0.05, 0.1) is 44.8 Å². The number of halogens is 5. The van der Waals surface area contributed by atoms with Crippen molar-refractivity contribution >= 4 is 68.6 Å². The molecule has 0 aliphatic carbocycles. The van der Waals surface area contributed by atoms with E-state index < -0.39 is 71.6 Å². The third-order valence-electron chi connectivity index (χ3n) is 10.3. The van der Waals surface area contributed by atoms with E-state index in [1.165, 1.54) is 11.0 Å². The standard InChI is InChI=1S/C37H36Cl2F3N3O3S.C6H8O7/c1-44(36(46)34-30-9-4-3-7-26(30)19-28(21-43)35(34)48-23-37(40,41)42)22-27(25-11-12-31(38)32(39)20-25)15-18-45-16-13-24(14-17-45)29-8-5-6-10-33(29)49(2)47;7-3(8)1-6(13,5(11)12)2-4(9)10/h3-12,19-20,24,27H,13-18,22-23H2,1-2H3;13H,1-2H2,(H,7,8)(H,9,10)(H,11,12)/t27-,49?;/m1./s1. The molecule has 1 aliphatic heterocycles. The molecule has 1 fully saturated rings. The van der Waals surface area contributed by atoms with Gasteiger partial charge in [0.1, 0.15) is 6.07 Å². The second-order valence-electron chi connectivity index (χ2n) is 14.8. The Morgan fingerprint density at radius 1 is 0.952 bits per heavy atom. The van der Waals surface area contributed by atoms with E-state index in [1.54, 1.807) is 49.7 Å². The number of carbonyl (C=O) groups excluding carboxylic acids is 1. The minimum atomic E-state index is -4.67. The van der Waals surface area contributed by atoms with Crippen LogP contribution in [0.2, 0.25) is 10.0 Å². The summed E-state index contributed by atoms with van der Waals surface area (Å²) >= 11 is 12.7. The number of piperidine rings is 1. The molecule has 1 unspecified atom stereocenters. The lowest BCUT2D eigenvalue weighted by atomic mass is 9.88. The van der Waals surface area contributed by atoms with Crippen LogP contribution in [-0.4, -0.2) is 116 Å². The van der Waals surface area contributed by atoms with Gasteiger partial charge in [-0.15, -0.1) is 0 Å². The zero-order valence-corrected chi connectivity index (χ0v) is 35.9. The molecule has 0 saturated carbocycles. The van der Waals surface area contributed by atoms with Gasteiger partial charge in [-0.05, 0) is 91.0 Å². The Morgan fingerprint density at radius 3 is 2.13 bits per heavy atom. The average Bonchev–Trinajstić information content (AvgIpc) is 3.21. The van der Waals surface area contributed by atoms with Gasteiger partial charge in [0.2, 0.25) is 0 Å². The number of amides is 1. The van der Waals surface area contributed by atoms with Crippen molar-refractivity contribution in [3.8, 4) is 11.8 Å². The summed E-state index contributed by atoms with van der Waals surface area (Å²) in [5.41, 5.74) is -0.977. The van der Waals surface area contributed by atoms with Crippen LogP contribution >= 0.6 is 23.2 Å². The molecule has 0 bridgehead atoms. The summed E-state index contributed by atoms with van der Waals surface area (Å²) < 4.78 is 57.3. The quantitative estimate of drug-likeness (QED) is 0.0859. The van der Waals surface area contributed by atoms with Crippen LogP contribution < -0.4 is 4.74 Å². The summed E-state index contributed by atoms with van der Waals surface area (Å²) in [6.07, 6.45) is -2.75. The van der Waals surface area contributed by atoms with E-state index in [9.17, 15) is 41.8 Å². The highest BCUT2D eigenvalue weighted by Gasteiger charge is 2.41. The molecule has 0 radical (unpaired) electrons. The van der Waals surface area contributed by atoms with Crippen molar-refractivity contribution in [2.45, 2.75) is 60.6 Å². The highest BCUT2D eigenvalue weighted by atomic mass is 35.5. The summed E-state index contributed by atoms with van der Waals surface area (Å²) in [5, 5.41) is 45.3. The molecule has 0 aromatic heterocycles. The topological polar surface area (TPSA) is 206 Å². The summed E-state index contributed by atoms with van der Waals surface area (Å²) in [7, 11) is 0.526. The number of aliphatic hydroxyl groups is 1. The Balaban J connectivity index is 0.000000562. The Labute approximate surface area is 367 Å². The van der Waals surface area contributed by atoms with E-state index in [-0.39, 0.29) is 23.6 Å². The van der Waals surface area contributed by atoms with E-state index >= 15 is 0 Å². The van der Waals surface area contributed by atoms with E-state index in [2.05, 4.69) is 11.0 Å². The molecule has 1 amide bonds. The first-order valence-corrected chi connectivity index (χ1v) is 21.3. The van der Waals surface area contributed by atoms with Crippen LogP contribution in [0.15, 0.2) is 77.7 Å². The van der Waals surface area contributed by atoms with Crippen molar-refractivity contribution in [2.24, 2.45) is 0 Å². The number of likely N-dealkylation sites (tertiary alicyclic amines) is 1. The van der Waals surface area contributed by atoms with Gasteiger partial charge in [-0.3, -0.25) is 18.6 Å². The number of alkyl halides is 3. The fourth-order valence-corrected chi connectivity index (χ4v) is 8.40. The Hall–Kier alpha value is -5.25. The summed E-state index contributed by atoms with van der Waals surface area (Å²) in [6, 6.07) is 23.3. The molecule has 4 aromatic carbocycles. The number of carboxylic acids is 3. The highest BCUT2D eigenvalue weighted by Crippen LogP contribution is 2.37. The molecule has 5 rings (SSSR count). The summed E-state index contributed by atoms with van der Waals surface area (Å²) in [5.74, 6) is -5.86. The lowest BCUT2D eigenvalue weighted by molar-refractivity contribution is -0.170. The number of hydrogen-bond donors (Lipinski definition) is 4. The van der Waals surface area contributed by atoms with Crippen molar-refractivity contribution < 1.29 is 61.7 Å². The Kier molecular flexibility index (Phi) is 17.3. The maximum Gasteiger partial charge on any atom is 0.422 e. The third-order valence-corrected chi connectivity index (χ3v) is 12.0. The first-order chi connectivity index (χ1) is 29.1. The molecule has 0 spiro atoms. The minimum absolute atomic E-state index is 0.0929. The number of fused-ring (bicyclic) bond motifs is 1. The molecule has 4 aromatic rings. The molecule has 1 heterocycles. The minimum Gasteiger partial charge on any atom is -0.482 e. The normalized spacial score (nSPS) is 14.5. The van der Waals surface area contributed by atoms with Crippen molar-refractivity contribution in [1.82, 2.24) is 9.80 Å². The van der Waals surface area contributed by atoms with E-state index in [1.807, 2.05) is 30.3 Å². The van der Waals surface area contributed by atoms with Crippen LogP contribution in [0.1, 0.15) is 71.0 Å². The fraction of sp³-hybridized carbons (Fsp3) is 0.372. The van der Waals surface area contributed by atoms with Gasteiger partial charge in [-0.25, -0.2) is 4.79 Å². The highest BCUT2D eigenvalue weighted by molar-refractivity contribution is 7.84. The Bertz CT molecular complexity index is 2340. The van der Waals surface area contributed by atoms with Crippen molar-refractivity contribution in [2.75, 3.05) is 46.1 Å². The predicted octanol–water partition coefficient (Wildman–Crippen LogP) is 7.57. The monoisotopic (exact) mass is 921 g/mol. The van der Waals surface area contributed by atoms with Crippen LogP contribution in [0, 0.1) is 11.3 Å². The van der Waals surface area contributed by atoms with Gasteiger partial charge in [-0.2, -0.15) is 18.4 Å². The number of benzene rings is 4. The maximum absolute atomic E-state index is 14.2. The first-order valence-electron chi connectivity index (χ1n) is 19.0. The maximum atomic E-state index is 14.2. The molecule has 1 aliphatic rings. The third kappa shape index (κ3) is 13.4. The predicted molar refractivity (Wildman–Crippen MR) is 225 cm³/mol. The molecule has 62 heavy (non-hydrogen) atoms. The SMILES string of the molecule is CN(C[C@@H](CCN1CCC(c2ccccc2S(C)=O)CC1)c1ccc(Cl)c(Cl)c1)C(=O)c1c(OCC(F)(F)F)c(C#N)cc2ccccc12.O=C(O)CC(O)(CC(=O)O)C(=O)O. The summed E-state index contributed by atoms with van der Waals surface area (Å²) in [4.78, 5) is 49.4. The molecule has 4 N–H and O–H groups in total. The van der Waals surface area contributed by atoms with Gasteiger partial charge in [0.25, 0.3) is 5.91 Å². The zero-order chi connectivity index (χ0) is 45.9. The smallest absolute Gasteiger partial charge is 0.422 e. The van der Waals surface area contributed by atoms with Crippen LogP contribution in [0.3, 0.4) is 0 Å². The number of nitriles is 1. The average molecular weight is 923 g/mol. The van der Waals surface area contributed by atoms with Gasteiger partial charge in [-0.1, -0.05) is 71.7 Å². The molecular formula is C43H44Cl2F3N3O10S. The van der Waals surface area contributed by atoms with Crippen LogP contribution in [0.5, 0.6) is 5.75 Å². The number of likely N-dealkylation sites (N-methyl/N-ethyl adjacent to an activating group) is 1. The van der Waals surface area contributed by atoms with Gasteiger partial charge >= 0.3 is 24.1 Å².